The Morgan fingerprint density at radius 1 is 1.05 bits per heavy atom. The van der Waals surface area contributed by atoms with E-state index >= 15 is 0 Å². The monoisotopic (exact) mass is 308 g/mol. The summed E-state index contributed by atoms with van der Waals surface area (Å²) in [4.78, 5) is 12.1. The molecule has 0 spiro atoms. The second-order valence-electron chi connectivity index (χ2n) is 4.48. The second kappa shape index (κ2) is 6.58. The maximum atomic E-state index is 5.82. The van der Waals surface area contributed by atoms with Gasteiger partial charge in [0.25, 0.3) is 0 Å². The van der Waals surface area contributed by atoms with Gasteiger partial charge in [-0.15, -0.1) is 0 Å². The molecule has 0 aliphatic heterocycles. The summed E-state index contributed by atoms with van der Waals surface area (Å²) in [7, 11) is 3.25. The number of rotatable bonds is 5. The number of nitrogens with one attached hydrogen (secondary N) is 1. The van der Waals surface area contributed by atoms with E-state index in [1.54, 1.807) is 21.1 Å². The number of methoxy groups -OCH3 is 2. The molecule has 0 radical (unpaired) electrons. The third kappa shape index (κ3) is 3.72. The number of aromatic nitrogens is 3. The molecule has 0 aliphatic carbocycles. The minimum absolute atomic E-state index is 0.160. The molecule has 0 fully saturated rings. The molecule has 1 heterocycles. The number of anilines is 1. The lowest BCUT2D eigenvalue weighted by atomic mass is 10.1. The van der Waals surface area contributed by atoms with Crippen molar-refractivity contribution in [1.82, 2.24) is 15.0 Å². The van der Waals surface area contributed by atoms with Crippen molar-refractivity contribution in [2.24, 2.45) is 0 Å². The lowest BCUT2D eigenvalue weighted by Crippen LogP contribution is -2.08. The van der Waals surface area contributed by atoms with Crippen LogP contribution in [0.15, 0.2) is 12.1 Å². The summed E-state index contributed by atoms with van der Waals surface area (Å²) in [5.74, 6) is 2.46. The molecule has 2 rings (SSSR count). The molecule has 0 saturated heterocycles. The molecule has 21 heavy (non-hydrogen) atoms. The van der Waals surface area contributed by atoms with E-state index < -0.39 is 0 Å². The Morgan fingerprint density at radius 3 is 2.19 bits per heavy atom. The predicted octanol–water partition coefficient (Wildman–Crippen LogP) is 2.77. The number of benzene rings is 1. The Kier molecular flexibility index (Phi) is 4.80. The van der Waals surface area contributed by atoms with Crippen LogP contribution < -0.4 is 14.8 Å². The third-order valence-electron chi connectivity index (χ3n) is 2.90. The summed E-state index contributed by atoms with van der Waals surface area (Å²) in [6.45, 7) is 4.19. The quantitative estimate of drug-likeness (QED) is 0.916. The molecule has 112 valence electrons. The van der Waals surface area contributed by atoms with E-state index in [9.17, 15) is 0 Å². The fraction of sp³-hybridized carbons (Fsp3) is 0.357. The Labute approximate surface area is 128 Å². The van der Waals surface area contributed by atoms with E-state index in [0.717, 1.165) is 22.6 Å². The van der Waals surface area contributed by atoms with Gasteiger partial charge in [-0.3, -0.25) is 0 Å². The highest BCUT2D eigenvalue weighted by Gasteiger charge is 2.12. The number of halogens is 1. The average Bonchev–Trinajstić information content (AvgIpc) is 2.43. The van der Waals surface area contributed by atoms with Crippen LogP contribution in [0.25, 0.3) is 0 Å². The van der Waals surface area contributed by atoms with Gasteiger partial charge in [0, 0.05) is 0 Å². The normalized spacial score (nSPS) is 10.3. The van der Waals surface area contributed by atoms with Crippen molar-refractivity contribution in [2.45, 2.75) is 20.4 Å². The van der Waals surface area contributed by atoms with E-state index in [1.165, 1.54) is 0 Å². The maximum absolute atomic E-state index is 5.82. The molecular formula is C14H17ClN4O2. The molecule has 0 amide bonds. The highest BCUT2D eigenvalue weighted by molar-refractivity contribution is 6.28. The first-order valence-corrected chi connectivity index (χ1v) is 6.75. The SMILES string of the molecule is COc1cc(C)cc(OC)c1CNc1nc(C)nc(Cl)n1. The summed E-state index contributed by atoms with van der Waals surface area (Å²) >= 11 is 5.82. The number of ether oxygens (including phenoxy) is 2. The van der Waals surface area contributed by atoms with E-state index in [0.29, 0.717) is 18.3 Å². The van der Waals surface area contributed by atoms with Gasteiger partial charge in [0.1, 0.15) is 17.3 Å². The zero-order valence-corrected chi connectivity index (χ0v) is 13.2. The number of hydrogen-bond acceptors (Lipinski definition) is 6. The lowest BCUT2D eigenvalue weighted by molar-refractivity contribution is 0.386. The molecule has 2 aromatic rings. The largest absolute Gasteiger partial charge is 0.496 e. The number of aryl methyl sites for hydroxylation is 2. The minimum Gasteiger partial charge on any atom is -0.496 e. The Bertz CT molecular complexity index is 604. The van der Waals surface area contributed by atoms with Crippen LogP contribution in [0, 0.1) is 13.8 Å². The van der Waals surface area contributed by atoms with Crippen molar-refractivity contribution in [3.8, 4) is 11.5 Å². The van der Waals surface area contributed by atoms with Gasteiger partial charge in [0.15, 0.2) is 0 Å². The average molecular weight is 309 g/mol. The molecular weight excluding hydrogens is 292 g/mol. The van der Waals surface area contributed by atoms with E-state index in [-0.39, 0.29) is 5.28 Å². The van der Waals surface area contributed by atoms with Crippen LogP contribution in [0.4, 0.5) is 5.95 Å². The second-order valence-corrected chi connectivity index (χ2v) is 4.81. The van der Waals surface area contributed by atoms with Crippen LogP contribution in [0.3, 0.4) is 0 Å². The summed E-state index contributed by atoms with van der Waals surface area (Å²) < 4.78 is 10.8. The molecule has 0 unspecified atom stereocenters. The topological polar surface area (TPSA) is 69.2 Å². The minimum atomic E-state index is 0.160. The third-order valence-corrected chi connectivity index (χ3v) is 3.06. The summed E-state index contributed by atoms with van der Waals surface area (Å²) in [5, 5.41) is 3.26. The van der Waals surface area contributed by atoms with Gasteiger partial charge in [-0.25, -0.2) is 4.98 Å². The molecule has 7 heteroatoms. The van der Waals surface area contributed by atoms with E-state index in [1.807, 2.05) is 19.1 Å². The standard InChI is InChI=1S/C14H17ClN4O2/c1-8-5-11(20-3)10(12(6-8)21-4)7-16-14-18-9(2)17-13(15)19-14/h5-6H,7H2,1-4H3,(H,16,17,18,19). The van der Waals surface area contributed by atoms with Crippen LogP contribution >= 0.6 is 11.6 Å². The van der Waals surface area contributed by atoms with Crippen molar-refractivity contribution in [2.75, 3.05) is 19.5 Å². The molecule has 6 nitrogen and oxygen atoms in total. The molecule has 0 bridgehead atoms. The molecule has 0 atom stereocenters. The number of hydrogen-bond donors (Lipinski definition) is 1. The van der Waals surface area contributed by atoms with Crippen molar-refractivity contribution < 1.29 is 9.47 Å². The Balaban J connectivity index is 2.26. The van der Waals surface area contributed by atoms with Crippen LogP contribution in [-0.4, -0.2) is 29.2 Å². The smallest absolute Gasteiger partial charge is 0.227 e. The van der Waals surface area contributed by atoms with Crippen LogP contribution in [0.5, 0.6) is 11.5 Å². The van der Waals surface area contributed by atoms with Gasteiger partial charge in [0.2, 0.25) is 11.2 Å². The lowest BCUT2D eigenvalue weighted by Gasteiger charge is -2.15. The van der Waals surface area contributed by atoms with Gasteiger partial charge in [-0.05, 0) is 43.1 Å². The highest BCUT2D eigenvalue weighted by atomic mass is 35.5. The summed E-state index contributed by atoms with van der Waals surface area (Å²) in [5.41, 5.74) is 1.95. The van der Waals surface area contributed by atoms with Gasteiger partial charge in [-0.2, -0.15) is 9.97 Å². The maximum Gasteiger partial charge on any atom is 0.227 e. The first-order chi connectivity index (χ1) is 10.0. The van der Waals surface area contributed by atoms with Crippen LogP contribution in [0.1, 0.15) is 17.0 Å². The Morgan fingerprint density at radius 2 is 1.67 bits per heavy atom. The predicted molar refractivity (Wildman–Crippen MR) is 81.2 cm³/mol. The Hall–Kier alpha value is -2.08. The first kappa shape index (κ1) is 15.3. The fourth-order valence-electron chi connectivity index (χ4n) is 1.99. The summed E-state index contributed by atoms with van der Waals surface area (Å²) in [6, 6.07) is 3.90. The molecule has 0 saturated carbocycles. The van der Waals surface area contributed by atoms with Crippen molar-refractivity contribution in [3.05, 3.63) is 34.4 Å². The zero-order valence-electron chi connectivity index (χ0n) is 12.4. The van der Waals surface area contributed by atoms with E-state index in [2.05, 4.69) is 20.3 Å². The van der Waals surface area contributed by atoms with Crippen LogP contribution in [0.2, 0.25) is 5.28 Å². The van der Waals surface area contributed by atoms with Crippen molar-refractivity contribution in [3.63, 3.8) is 0 Å². The summed E-state index contributed by atoms with van der Waals surface area (Å²) in [6.07, 6.45) is 0. The van der Waals surface area contributed by atoms with Gasteiger partial charge in [0.05, 0.1) is 26.3 Å². The highest BCUT2D eigenvalue weighted by Crippen LogP contribution is 2.30. The van der Waals surface area contributed by atoms with Gasteiger partial charge >= 0.3 is 0 Å². The number of nitrogens with zero attached hydrogens (tertiary/aromatic N) is 3. The fourth-order valence-corrected chi connectivity index (χ4v) is 2.19. The molecule has 0 aliphatic rings. The van der Waals surface area contributed by atoms with Gasteiger partial charge in [-0.1, -0.05) is 0 Å². The first-order valence-electron chi connectivity index (χ1n) is 6.37. The van der Waals surface area contributed by atoms with Crippen molar-refractivity contribution >= 4 is 17.5 Å². The van der Waals surface area contributed by atoms with Crippen LogP contribution in [-0.2, 0) is 6.54 Å². The molecule has 1 aromatic carbocycles. The molecule has 1 aromatic heterocycles. The van der Waals surface area contributed by atoms with Crippen molar-refractivity contribution in [1.29, 1.82) is 0 Å². The van der Waals surface area contributed by atoms with E-state index in [4.69, 9.17) is 21.1 Å². The zero-order chi connectivity index (χ0) is 15.4. The molecule has 1 N–H and O–H groups in total. The van der Waals surface area contributed by atoms with Gasteiger partial charge < -0.3 is 14.8 Å².